The molecule has 1 fully saturated rings. The lowest BCUT2D eigenvalue weighted by Crippen LogP contribution is -2.42. The van der Waals surface area contributed by atoms with Crippen LogP contribution in [0.25, 0.3) is 0 Å². The summed E-state index contributed by atoms with van der Waals surface area (Å²) in [5, 5.41) is 0. The molecule has 2 unspecified atom stereocenters. The average molecular weight is 244 g/mol. The van der Waals surface area contributed by atoms with Crippen LogP contribution in [0.2, 0.25) is 0 Å². The van der Waals surface area contributed by atoms with Gasteiger partial charge in [-0.3, -0.25) is 0 Å². The van der Waals surface area contributed by atoms with Crippen molar-refractivity contribution in [1.82, 2.24) is 9.80 Å². The van der Waals surface area contributed by atoms with Gasteiger partial charge in [-0.05, 0) is 37.8 Å². The number of urea groups is 1. The molecule has 0 radical (unpaired) electrons. The summed E-state index contributed by atoms with van der Waals surface area (Å²) in [6, 6.07) is 9.54. The molecule has 2 heterocycles. The third-order valence-corrected chi connectivity index (χ3v) is 4.40. The predicted octanol–water partition coefficient (Wildman–Crippen LogP) is 3.34. The summed E-state index contributed by atoms with van der Waals surface area (Å²) in [5.41, 5.74) is 2.72. The second kappa shape index (κ2) is 4.01. The Morgan fingerprint density at radius 2 is 1.72 bits per heavy atom. The van der Waals surface area contributed by atoms with E-state index >= 15 is 0 Å². The van der Waals surface area contributed by atoms with Gasteiger partial charge in [0.25, 0.3) is 0 Å². The molecule has 0 spiro atoms. The van der Waals surface area contributed by atoms with E-state index in [1.54, 1.807) is 0 Å². The van der Waals surface area contributed by atoms with Crippen LogP contribution in [0, 0.1) is 0 Å². The van der Waals surface area contributed by atoms with Gasteiger partial charge in [0.05, 0.1) is 12.1 Å². The van der Waals surface area contributed by atoms with E-state index in [1.165, 1.54) is 11.1 Å². The van der Waals surface area contributed by atoms with Gasteiger partial charge in [0, 0.05) is 13.1 Å². The average Bonchev–Trinajstić information content (AvgIpc) is 2.93. The normalized spacial score (nSPS) is 24.6. The Labute approximate surface area is 108 Å². The summed E-state index contributed by atoms with van der Waals surface area (Å²) < 4.78 is 0. The van der Waals surface area contributed by atoms with Gasteiger partial charge in [0.2, 0.25) is 0 Å². The summed E-state index contributed by atoms with van der Waals surface area (Å²) in [5.74, 6) is 0. The molecular formula is C15H20N2O. The molecule has 0 aliphatic carbocycles. The van der Waals surface area contributed by atoms with Crippen molar-refractivity contribution in [3.8, 4) is 0 Å². The number of amides is 2. The van der Waals surface area contributed by atoms with Gasteiger partial charge < -0.3 is 9.80 Å². The summed E-state index contributed by atoms with van der Waals surface area (Å²) in [4.78, 5) is 16.5. The van der Waals surface area contributed by atoms with Crippen LogP contribution in [0.15, 0.2) is 24.3 Å². The van der Waals surface area contributed by atoms with Crippen LogP contribution in [0.4, 0.5) is 4.79 Å². The van der Waals surface area contributed by atoms with Gasteiger partial charge in [-0.1, -0.05) is 24.3 Å². The van der Waals surface area contributed by atoms with Crippen molar-refractivity contribution in [2.45, 2.75) is 44.8 Å². The molecule has 3 heteroatoms. The summed E-state index contributed by atoms with van der Waals surface area (Å²) in [6.07, 6.45) is 2.22. The molecular weight excluding hydrogens is 224 g/mol. The quantitative estimate of drug-likeness (QED) is 0.743. The minimum absolute atomic E-state index is 0.175. The molecule has 0 aromatic heterocycles. The van der Waals surface area contributed by atoms with Crippen LogP contribution in [0.1, 0.15) is 49.9 Å². The minimum atomic E-state index is 0.175. The third-order valence-electron chi connectivity index (χ3n) is 4.40. The third kappa shape index (κ3) is 1.46. The highest BCUT2D eigenvalue weighted by Gasteiger charge is 2.47. The number of carbonyl (C=O) groups is 1. The maximum absolute atomic E-state index is 12.6. The molecule has 0 saturated carbocycles. The van der Waals surface area contributed by atoms with E-state index < -0.39 is 0 Å². The molecule has 3 nitrogen and oxygen atoms in total. The zero-order valence-corrected chi connectivity index (χ0v) is 11.3. The van der Waals surface area contributed by atoms with Gasteiger partial charge in [-0.25, -0.2) is 4.79 Å². The SMILES string of the molecule is CC(C)N(C)C(=O)N1C2CCC1c1ccccc12. The first kappa shape index (κ1) is 11.6. The molecule has 2 aliphatic heterocycles. The van der Waals surface area contributed by atoms with E-state index in [-0.39, 0.29) is 12.1 Å². The number of hydrogen-bond acceptors (Lipinski definition) is 1. The van der Waals surface area contributed by atoms with Crippen LogP contribution in [-0.2, 0) is 0 Å². The van der Waals surface area contributed by atoms with Gasteiger partial charge in [0.15, 0.2) is 0 Å². The van der Waals surface area contributed by atoms with Crippen molar-refractivity contribution in [3.63, 3.8) is 0 Å². The molecule has 3 rings (SSSR count). The number of hydrogen-bond donors (Lipinski definition) is 0. The van der Waals surface area contributed by atoms with Gasteiger partial charge in [-0.15, -0.1) is 0 Å². The van der Waals surface area contributed by atoms with E-state index in [1.807, 2.05) is 11.9 Å². The summed E-state index contributed by atoms with van der Waals surface area (Å²) in [6.45, 7) is 4.12. The Balaban J connectivity index is 1.92. The molecule has 2 bridgehead atoms. The minimum Gasteiger partial charge on any atom is -0.325 e. The van der Waals surface area contributed by atoms with E-state index in [0.717, 1.165) is 12.8 Å². The molecule has 18 heavy (non-hydrogen) atoms. The Bertz CT molecular complexity index is 452. The van der Waals surface area contributed by atoms with Crippen LogP contribution >= 0.6 is 0 Å². The fourth-order valence-corrected chi connectivity index (χ4v) is 3.21. The highest BCUT2D eigenvalue weighted by Crippen LogP contribution is 2.53. The number of nitrogens with zero attached hydrogens (tertiary/aromatic N) is 2. The molecule has 2 amide bonds. The fraction of sp³-hybridized carbons (Fsp3) is 0.533. The van der Waals surface area contributed by atoms with Crippen LogP contribution in [-0.4, -0.2) is 28.9 Å². The van der Waals surface area contributed by atoms with E-state index in [0.29, 0.717) is 12.1 Å². The second-order valence-corrected chi connectivity index (χ2v) is 5.63. The van der Waals surface area contributed by atoms with E-state index in [2.05, 4.69) is 43.0 Å². The maximum Gasteiger partial charge on any atom is 0.321 e. The zero-order valence-electron chi connectivity index (χ0n) is 11.3. The predicted molar refractivity (Wildman–Crippen MR) is 71.3 cm³/mol. The van der Waals surface area contributed by atoms with E-state index in [9.17, 15) is 4.79 Å². The fourth-order valence-electron chi connectivity index (χ4n) is 3.21. The van der Waals surface area contributed by atoms with Crippen LogP contribution in [0.3, 0.4) is 0 Å². The molecule has 1 saturated heterocycles. The lowest BCUT2D eigenvalue weighted by atomic mass is 9.92. The first-order valence-electron chi connectivity index (χ1n) is 6.75. The summed E-state index contributed by atoms with van der Waals surface area (Å²) >= 11 is 0. The zero-order chi connectivity index (χ0) is 12.9. The number of fused-ring (bicyclic) bond motifs is 5. The molecule has 2 atom stereocenters. The Kier molecular flexibility index (Phi) is 2.58. The first-order chi connectivity index (χ1) is 8.61. The van der Waals surface area contributed by atoms with Crippen molar-refractivity contribution < 1.29 is 4.79 Å². The Morgan fingerprint density at radius 1 is 1.22 bits per heavy atom. The topological polar surface area (TPSA) is 23.6 Å². The van der Waals surface area contributed by atoms with Gasteiger partial charge in [-0.2, -0.15) is 0 Å². The Hall–Kier alpha value is -1.51. The highest BCUT2D eigenvalue weighted by atomic mass is 16.2. The van der Waals surface area contributed by atoms with Crippen molar-refractivity contribution in [1.29, 1.82) is 0 Å². The number of carbonyl (C=O) groups excluding carboxylic acids is 1. The van der Waals surface area contributed by atoms with Gasteiger partial charge in [0.1, 0.15) is 0 Å². The van der Waals surface area contributed by atoms with Crippen LogP contribution in [0.5, 0.6) is 0 Å². The summed E-state index contributed by atoms with van der Waals surface area (Å²) in [7, 11) is 1.90. The molecule has 1 aromatic carbocycles. The lowest BCUT2D eigenvalue weighted by Gasteiger charge is -2.30. The molecule has 0 N–H and O–H groups in total. The highest BCUT2D eigenvalue weighted by molar-refractivity contribution is 5.77. The van der Waals surface area contributed by atoms with Gasteiger partial charge >= 0.3 is 6.03 Å². The maximum atomic E-state index is 12.6. The first-order valence-corrected chi connectivity index (χ1v) is 6.75. The van der Waals surface area contributed by atoms with Crippen LogP contribution < -0.4 is 0 Å². The smallest absolute Gasteiger partial charge is 0.321 e. The van der Waals surface area contributed by atoms with Crippen molar-refractivity contribution in [2.75, 3.05) is 7.05 Å². The van der Waals surface area contributed by atoms with Crippen molar-refractivity contribution in [2.24, 2.45) is 0 Å². The van der Waals surface area contributed by atoms with Crippen molar-refractivity contribution in [3.05, 3.63) is 35.4 Å². The standard InChI is InChI=1S/C15H20N2O/c1-10(2)16(3)15(18)17-13-8-9-14(17)12-7-5-4-6-11(12)13/h4-7,10,13-14H,8-9H2,1-3H3. The molecule has 2 aliphatic rings. The number of benzene rings is 1. The number of rotatable bonds is 1. The molecule has 96 valence electrons. The van der Waals surface area contributed by atoms with Crippen molar-refractivity contribution >= 4 is 6.03 Å². The largest absolute Gasteiger partial charge is 0.325 e. The van der Waals surface area contributed by atoms with E-state index in [4.69, 9.17) is 0 Å². The second-order valence-electron chi connectivity index (χ2n) is 5.63. The monoisotopic (exact) mass is 244 g/mol. The lowest BCUT2D eigenvalue weighted by molar-refractivity contribution is 0.138. The Morgan fingerprint density at radius 3 is 2.17 bits per heavy atom. The molecule has 1 aromatic rings.